The van der Waals surface area contributed by atoms with Crippen LogP contribution in [0.2, 0.25) is 0 Å². The van der Waals surface area contributed by atoms with Crippen molar-refractivity contribution >= 4 is 0 Å². The predicted molar refractivity (Wildman–Crippen MR) is 75.6 cm³/mol. The SMILES string of the molecule is CNC(C)(C)c1nc(-c2ccc(C)cc2)c(C)[nH]1. The number of nitrogens with zero attached hydrogens (tertiary/aromatic N) is 1. The lowest BCUT2D eigenvalue weighted by atomic mass is 10.1. The molecule has 3 heteroatoms. The zero-order chi connectivity index (χ0) is 13.3. The van der Waals surface area contributed by atoms with E-state index in [-0.39, 0.29) is 5.54 Å². The molecular weight excluding hydrogens is 222 g/mol. The number of imidazole rings is 1. The number of aromatic amines is 1. The summed E-state index contributed by atoms with van der Waals surface area (Å²) in [5.41, 5.74) is 4.42. The molecule has 0 fully saturated rings. The maximum atomic E-state index is 4.73. The van der Waals surface area contributed by atoms with Gasteiger partial charge in [0.25, 0.3) is 0 Å². The molecule has 0 saturated heterocycles. The molecule has 1 heterocycles. The monoisotopic (exact) mass is 243 g/mol. The van der Waals surface area contributed by atoms with Gasteiger partial charge < -0.3 is 10.3 Å². The summed E-state index contributed by atoms with van der Waals surface area (Å²) < 4.78 is 0. The molecule has 18 heavy (non-hydrogen) atoms. The van der Waals surface area contributed by atoms with Gasteiger partial charge in [0, 0.05) is 11.3 Å². The van der Waals surface area contributed by atoms with Gasteiger partial charge in [0.1, 0.15) is 5.82 Å². The van der Waals surface area contributed by atoms with E-state index in [2.05, 4.69) is 62.3 Å². The Kier molecular flexibility index (Phi) is 3.26. The second-order valence-electron chi connectivity index (χ2n) is 5.30. The van der Waals surface area contributed by atoms with Gasteiger partial charge in [0.05, 0.1) is 11.2 Å². The van der Waals surface area contributed by atoms with E-state index in [4.69, 9.17) is 4.98 Å². The number of aromatic nitrogens is 2. The van der Waals surface area contributed by atoms with E-state index in [0.717, 1.165) is 22.8 Å². The van der Waals surface area contributed by atoms with Crippen molar-refractivity contribution in [1.82, 2.24) is 15.3 Å². The first kappa shape index (κ1) is 12.8. The van der Waals surface area contributed by atoms with Crippen molar-refractivity contribution in [2.45, 2.75) is 33.2 Å². The van der Waals surface area contributed by atoms with Gasteiger partial charge in [-0.25, -0.2) is 4.98 Å². The van der Waals surface area contributed by atoms with Gasteiger partial charge in [-0.15, -0.1) is 0 Å². The van der Waals surface area contributed by atoms with E-state index >= 15 is 0 Å². The lowest BCUT2D eigenvalue weighted by Gasteiger charge is -2.20. The largest absolute Gasteiger partial charge is 0.344 e. The van der Waals surface area contributed by atoms with Gasteiger partial charge in [0.15, 0.2) is 0 Å². The number of benzene rings is 1. The maximum absolute atomic E-state index is 4.73. The number of hydrogen-bond donors (Lipinski definition) is 2. The molecule has 0 radical (unpaired) electrons. The molecule has 96 valence electrons. The third-order valence-electron chi connectivity index (χ3n) is 3.43. The molecule has 1 aromatic carbocycles. The van der Waals surface area contributed by atoms with Crippen LogP contribution in [0.15, 0.2) is 24.3 Å². The fourth-order valence-corrected chi connectivity index (χ4v) is 1.87. The molecule has 0 spiro atoms. The van der Waals surface area contributed by atoms with Crippen molar-refractivity contribution in [2.24, 2.45) is 0 Å². The highest BCUT2D eigenvalue weighted by atomic mass is 15.0. The number of H-pyrrole nitrogens is 1. The molecule has 0 bridgehead atoms. The van der Waals surface area contributed by atoms with E-state index in [1.54, 1.807) is 0 Å². The van der Waals surface area contributed by atoms with Crippen molar-refractivity contribution in [3.8, 4) is 11.3 Å². The lowest BCUT2D eigenvalue weighted by Crippen LogP contribution is -2.34. The van der Waals surface area contributed by atoms with Gasteiger partial charge in [-0.05, 0) is 34.7 Å². The standard InChI is InChI=1S/C15H21N3/c1-10-6-8-12(9-7-10)13-11(2)17-14(18-13)15(3,4)16-5/h6-9,16H,1-5H3,(H,17,18). The molecule has 2 N–H and O–H groups in total. The average molecular weight is 243 g/mol. The van der Waals surface area contributed by atoms with Crippen LogP contribution in [0.5, 0.6) is 0 Å². The minimum Gasteiger partial charge on any atom is -0.344 e. The first-order valence-electron chi connectivity index (χ1n) is 6.27. The first-order valence-corrected chi connectivity index (χ1v) is 6.27. The fourth-order valence-electron chi connectivity index (χ4n) is 1.87. The molecule has 0 saturated carbocycles. The van der Waals surface area contributed by atoms with Crippen LogP contribution in [0.4, 0.5) is 0 Å². The highest BCUT2D eigenvalue weighted by Gasteiger charge is 2.23. The van der Waals surface area contributed by atoms with Crippen molar-refractivity contribution in [1.29, 1.82) is 0 Å². The van der Waals surface area contributed by atoms with Crippen molar-refractivity contribution in [3.05, 3.63) is 41.3 Å². The molecule has 1 aromatic heterocycles. The summed E-state index contributed by atoms with van der Waals surface area (Å²) in [6.45, 7) is 8.39. The van der Waals surface area contributed by atoms with Gasteiger partial charge in [-0.1, -0.05) is 29.8 Å². The highest BCUT2D eigenvalue weighted by Crippen LogP contribution is 2.25. The summed E-state index contributed by atoms with van der Waals surface area (Å²) in [6.07, 6.45) is 0. The first-order chi connectivity index (χ1) is 8.44. The lowest BCUT2D eigenvalue weighted by molar-refractivity contribution is 0.420. The zero-order valence-corrected chi connectivity index (χ0v) is 11.8. The minimum absolute atomic E-state index is 0.145. The average Bonchev–Trinajstić information content (AvgIpc) is 2.73. The summed E-state index contributed by atoms with van der Waals surface area (Å²) in [6, 6.07) is 8.47. The molecule has 2 rings (SSSR count). The topological polar surface area (TPSA) is 40.7 Å². The molecule has 0 aliphatic heterocycles. The summed E-state index contributed by atoms with van der Waals surface area (Å²) in [4.78, 5) is 8.11. The molecule has 0 atom stereocenters. The Morgan fingerprint density at radius 3 is 2.28 bits per heavy atom. The number of hydrogen-bond acceptors (Lipinski definition) is 2. The zero-order valence-electron chi connectivity index (χ0n) is 11.8. The number of nitrogens with one attached hydrogen (secondary N) is 2. The van der Waals surface area contributed by atoms with Crippen molar-refractivity contribution < 1.29 is 0 Å². The predicted octanol–water partition coefficient (Wildman–Crippen LogP) is 3.15. The van der Waals surface area contributed by atoms with Crippen LogP contribution in [0.1, 0.15) is 30.9 Å². The Morgan fingerprint density at radius 2 is 1.72 bits per heavy atom. The van der Waals surface area contributed by atoms with Gasteiger partial charge in [-0.2, -0.15) is 0 Å². The Hall–Kier alpha value is -1.61. The van der Waals surface area contributed by atoms with Gasteiger partial charge in [0.2, 0.25) is 0 Å². The summed E-state index contributed by atoms with van der Waals surface area (Å²) in [7, 11) is 1.95. The molecule has 0 amide bonds. The molecule has 3 nitrogen and oxygen atoms in total. The third kappa shape index (κ3) is 2.31. The van der Waals surface area contributed by atoms with E-state index < -0.39 is 0 Å². The van der Waals surface area contributed by atoms with Gasteiger partial charge in [-0.3, -0.25) is 0 Å². The van der Waals surface area contributed by atoms with E-state index in [9.17, 15) is 0 Å². The number of aryl methyl sites for hydroxylation is 2. The Bertz CT molecular complexity index is 535. The van der Waals surface area contributed by atoms with Crippen molar-refractivity contribution in [2.75, 3.05) is 7.05 Å². The molecule has 2 aromatic rings. The normalized spacial score (nSPS) is 11.8. The summed E-state index contributed by atoms with van der Waals surface area (Å²) >= 11 is 0. The molecule has 0 aliphatic rings. The van der Waals surface area contributed by atoms with Crippen LogP contribution in [-0.2, 0) is 5.54 Å². The summed E-state index contributed by atoms with van der Waals surface area (Å²) in [5.74, 6) is 0.970. The smallest absolute Gasteiger partial charge is 0.126 e. The molecule has 0 aliphatic carbocycles. The minimum atomic E-state index is -0.145. The second kappa shape index (κ2) is 4.58. The Balaban J connectivity index is 2.44. The second-order valence-corrected chi connectivity index (χ2v) is 5.30. The van der Waals surface area contributed by atoms with Crippen LogP contribution in [0.3, 0.4) is 0 Å². The van der Waals surface area contributed by atoms with Crippen LogP contribution in [0.25, 0.3) is 11.3 Å². The van der Waals surface area contributed by atoms with Crippen LogP contribution >= 0.6 is 0 Å². The molecular formula is C15H21N3. The number of rotatable bonds is 3. The maximum Gasteiger partial charge on any atom is 0.126 e. The quantitative estimate of drug-likeness (QED) is 0.869. The Morgan fingerprint density at radius 1 is 1.11 bits per heavy atom. The fraction of sp³-hybridized carbons (Fsp3) is 0.400. The summed E-state index contributed by atoms with van der Waals surface area (Å²) in [5, 5.41) is 3.26. The van der Waals surface area contributed by atoms with E-state index in [1.807, 2.05) is 7.05 Å². The van der Waals surface area contributed by atoms with Crippen LogP contribution in [0, 0.1) is 13.8 Å². The van der Waals surface area contributed by atoms with E-state index in [1.165, 1.54) is 5.56 Å². The van der Waals surface area contributed by atoms with Crippen molar-refractivity contribution in [3.63, 3.8) is 0 Å². The van der Waals surface area contributed by atoms with Gasteiger partial charge >= 0.3 is 0 Å². The third-order valence-corrected chi connectivity index (χ3v) is 3.43. The Labute approximate surface area is 109 Å². The highest BCUT2D eigenvalue weighted by molar-refractivity contribution is 5.62. The molecule has 0 unspecified atom stereocenters. The van der Waals surface area contributed by atoms with Crippen LogP contribution < -0.4 is 5.32 Å². The van der Waals surface area contributed by atoms with E-state index in [0.29, 0.717) is 0 Å². The van der Waals surface area contributed by atoms with Crippen LogP contribution in [-0.4, -0.2) is 17.0 Å².